The molecule has 1 spiro atoms. The van der Waals surface area contributed by atoms with Gasteiger partial charge in [0.15, 0.2) is 5.60 Å². The summed E-state index contributed by atoms with van der Waals surface area (Å²) in [7, 11) is -3.68. The van der Waals surface area contributed by atoms with Crippen molar-refractivity contribution in [2.24, 2.45) is 0 Å². The van der Waals surface area contributed by atoms with Crippen molar-refractivity contribution >= 4 is 16.0 Å². The van der Waals surface area contributed by atoms with Crippen LogP contribution in [0.25, 0.3) is 0 Å². The number of hydrogen-bond donors (Lipinski definition) is 0. The maximum absolute atomic E-state index is 13.2. The molecule has 0 aromatic heterocycles. The Hall–Kier alpha value is -1.82. The van der Waals surface area contributed by atoms with E-state index in [1.54, 1.807) is 24.3 Å². The second-order valence-corrected chi connectivity index (χ2v) is 9.13. The standard InChI is InChI=1S/C19H23NO4S/c1-14-6-8-15(9-7-14)25(22,23)20-13-10-16-17(20)19(24-18(16)21)11-4-2-3-5-12-19/h6-9H,2-5,10-13H2,1H3. The highest BCUT2D eigenvalue weighted by molar-refractivity contribution is 7.89. The minimum Gasteiger partial charge on any atom is -0.449 e. The Morgan fingerprint density at radius 2 is 1.68 bits per heavy atom. The second kappa shape index (κ2) is 5.87. The molecular formula is C19H23NO4S. The van der Waals surface area contributed by atoms with Gasteiger partial charge in [0.05, 0.1) is 16.2 Å². The molecule has 1 aromatic carbocycles. The van der Waals surface area contributed by atoms with E-state index in [0.717, 1.165) is 44.1 Å². The minimum absolute atomic E-state index is 0.273. The molecule has 134 valence electrons. The fourth-order valence-electron chi connectivity index (χ4n) is 4.30. The monoisotopic (exact) mass is 361 g/mol. The van der Waals surface area contributed by atoms with E-state index in [1.807, 2.05) is 6.92 Å². The number of sulfonamides is 1. The Kier molecular flexibility index (Phi) is 3.90. The van der Waals surface area contributed by atoms with Crippen molar-refractivity contribution in [3.63, 3.8) is 0 Å². The quantitative estimate of drug-likeness (QED) is 0.758. The van der Waals surface area contributed by atoms with Gasteiger partial charge in [0.2, 0.25) is 0 Å². The van der Waals surface area contributed by atoms with Crippen LogP contribution in [0, 0.1) is 6.92 Å². The molecule has 0 unspecified atom stereocenters. The smallest absolute Gasteiger partial charge is 0.336 e. The van der Waals surface area contributed by atoms with Gasteiger partial charge in [0.1, 0.15) is 0 Å². The van der Waals surface area contributed by atoms with Crippen molar-refractivity contribution in [1.29, 1.82) is 0 Å². The number of carbonyl (C=O) groups excluding carboxylic acids is 1. The zero-order chi connectivity index (χ0) is 17.7. The van der Waals surface area contributed by atoms with Gasteiger partial charge in [-0.1, -0.05) is 30.5 Å². The zero-order valence-corrected chi connectivity index (χ0v) is 15.3. The first kappa shape index (κ1) is 16.6. The predicted molar refractivity (Wildman–Crippen MR) is 93.2 cm³/mol. The Morgan fingerprint density at radius 3 is 2.32 bits per heavy atom. The van der Waals surface area contributed by atoms with E-state index in [9.17, 15) is 13.2 Å². The van der Waals surface area contributed by atoms with E-state index in [1.165, 1.54) is 4.31 Å². The first-order valence-corrected chi connectivity index (χ1v) is 10.4. The third kappa shape index (κ3) is 2.58. The molecule has 5 nitrogen and oxygen atoms in total. The van der Waals surface area contributed by atoms with Gasteiger partial charge in [-0.3, -0.25) is 4.31 Å². The summed E-state index contributed by atoms with van der Waals surface area (Å²) in [5.41, 5.74) is 1.47. The molecule has 1 saturated carbocycles. The highest BCUT2D eigenvalue weighted by atomic mass is 32.2. The van der Waals surface area contributed by atoms with Crippen molar-refractivity contribution in [2.45, 2.75) is 62.4 Å². The average molecular weight is 361 g/mol. The van der Waals surface area contributed by atoms with E-state index in [2.05, 4.69) is 0 Å². The predicted octanol–water partition coefficient (Wildman–Crippen LogP) is 3.29. The number of nitrogens with zero attached hydrogens (tertiary/aromatic N) is 1. The summed E-state index contributed by atoms with van der Waals surface area (Å²) in [5.74, 6) is -0.321. The van der Waals surface area contributed by atoms with Gasteiger partial charge in [0.25, 0.3) is 10.0 Å². The molecule has 1 aliphatic carbocycles. The van der Waals surface area contributed by atoms with Crippen molar-refractivity contribution in [1.82, 2.24) is 4.31 Å². The third-order valence-electron chi connectivity index (χ3n) is 5.59. The Balaban J connectivity index is 1.77. The van der Waals surface area contributed by atoms with Crippen LogP contribution >= 0.6 is 0 Å². The maximum atomic E-state index is 13.2. The van der Waals surface area contributed by atoms with Crippen LogP contribution in [-0.4, -0.2) is 30.8 Å². The molecule has 1 fully saturated rings. The third-order valence-corrected chi connectivity index (χ3v) is 7.40. The van der Waals surface area contributed by atoms with E-state index in [0.29, 0.717) is 24.2 Å². The fourth-order valence-corrected chi connectivity index (χ4v) is 5.88. The minimum atomic E-state index is -3.68. The number of esters is 1. The molecule has 4 rings (SSSR count). The fraction of sp³-hybridized carbons (Fsp3) is 0.526. The number of fused-ring (bicyclic) bond motifs is 1. The second-order valence-electron chi connectivity index (χ2n) is 7.27. The van der Waals surface area contributed by atoms with Crippen molar-refractivity contribution in [3.05, 3.63) is 41.1 Å². The molecule has 0 N–H and O–H groups in total. The van der Waals surface area contributed by atoms with E-state index in [4.69, 9.17) is 4.74 Å². The number of carbonyl (C=O) groups is 1. The Labute approximate surface area is 148 Å². The number of hydrogen-bond acceptors (Lipinski definition) is 4. The zero-order valence-electron chi connectivity index (χ0n) is 14.5. The summed E-state index contributed by atoms with van der Waals surface area (Å²) < 4.78 is 33.7. The molecule has 6 heteroatoms. The first-order chi connectivity index (χ1) is 11.9. The molecule has 1 aromatic rings. The normalized spacial score (nSPS) is 22.9. The van der Waals surface area contributed by atoms with Crippen LogP contribution in [0.2, 0.25) is 0 Å². The molecule has 0 atom stereocenters. The summed E-state index contributed by atoms with van der Waals surface area (Å²) in [5, 5.41) is 0. The lowest BCUT2D eigenvalue weighted by atomic mass is 9.90. The molecule has 0 bridgehead atoms. The van der Waals surface area contributed by atoms with Crippen LogP contribution in [0.3, 0.4) is 0 Å². The SMILES string of the molecule is Cc1ccc(S(=O)(=O)N2CCC3=C2C2(CCCCCC2)OC3=O)cc1. The average Bonchev–Trinajstić information content (AvgIpc) is 3.04. The summed E-state index contributed by atoms with van der Waals surface area (Å²) in [4.78, 5) is 12.7. The number of rotatable bonds is 2. The molecule has 0 saturated heterocycles. The van der Waals surface area contributed by atoms with Crippen molar-refractivity contribution in [3.8, 4) is 0 Å². The topological polar surface area (TPSA) is 63.7 Å². The molecule has 0 amide bonds. The first-order valence-electron chi connectivity index (χ1n) is 9.00. The van der Waals surface area contributed by atoms with E-state index >= 15 is 0 Å². The molecule has 2 heterocycles. The van der Waals surface area contributed by atoms with Crippen LogP contribution in [0.15, 0.2) is 40.4 Å². The summed E-state index contributed by atoms with van der Waals surface area (Å²) in [6.45, 7) is 2.26. The van der Waals surface area contributed by atoms with Crippen LogP contribution in [0.4, 0.5) is 0 Å². The summed E-state index contributed by atoms with van der Waals surface area (Å²) in [6.07, 6.45) is 6.01. The number of ether oxygens (including phenoxy) is 1. The summed E-state index contributed by atoms with van der Waals surface area (Å²) in [6, 6.07) is 6.88. The van der Waals surface area contributed by atoms with Gasteiger partial charge < -0.3 is 4.74 Å². The lowest BCUT2D eigenvalue weighted by Crippen LogP contribution is -2.41. The highest BCUT2D eigenvalue weighted by Crippen LogP contribution is 2.49. The van der Waals surface area contributed by atoms with Gasteiger partial charge in [-0.05, 0) is 44.7 Å². The molecule has 25 heavy (non-hydrogen) atoms. The lowest BCUT2D eigenvalue weighted by molar-refractivity contribution is -0.149. The molecular weight excluding hydrogens is 338 g/mol. The number of benzene rings is 1. The van der Waals surface area contributed by atoms with Gasteiger partial charge in [-0.2, -0.15) is 0 Å². The van der Waals surface area contributed by atoms with Crippen molar-refractivity contribution in [2.75, 3.05) is 6.54 Å². The van der Waals surface area contributed by atoms with E-state index < -0.39 is 15.6 Å². The van der Waals surface area contributed by atoms with Gasteiger partial charge in [-0.15, -0.1) is 0 Å². The molecule has 2 aliphatic heterocycles. The largest absolute Gasteiger partial charge is 0.449 e. The van der Waals surface area contributed by atoms with Gasteiger partial charge in [-0.25, -0.2) is 13.2 Å². The maximum Gasteiger partial charge on any atom is 0.336 e. The molecule has 3 aliphatic rings. The number of aryl methyl sites for hydroxylation is 1. The molecule has 0 radical (unpaired) electrons. The Morgan fingerprint density at radius 1 is 1.04 bits per heavy atom. The van der Waals surface area contributed by atoms with E-state index in [-0.39, 0.29) is 10.9 Å². The Bertz CT molecular complexity index is 831. The van der Waals surface area contributed by atoms with Crippen LogP contribution in [0.5, 0.6) is 0 Å². The highest BCUT2D eigenvalue weighted by Gasteiger charge is 2.54. The van der Waals surface area contributed by atoms with Crippen LogP contribution in [0.1, 0.15) is 50.5 Å². The van der Waals surface area contributed by atoms with Crippen LogP contribution < -0.4 is 0 Å². The van der Waals surface area contributed by atoms with Gasteiger partial charge >= 0.3 is 5.97 Å². The summed E-state index contributed by atoms with van der Waals surface area (Å²) >= 11 is 0. The van der Waals surface area contributed by atoms with Gasteiger partial charge in [0, 0.05) is 13.0 Å². The van der Waals surface area contributed by atoms with Crippen molar-refractivity contribution < 1.29 is 17.9 Å². The lowest BCUT2D eigenvalue weighted by Gasteiger charge is -2.35. The van der Waals surface area contributed by atoms with Crippen LogP contribution in [-0.2, 0) is 19.6 Å².